The molecule has 2 heterocycles. The lowest BCUT2D eigenvalue weighted by atomic mass is 10.1. The molecular formula is C20H30N4O2. The highest BCUT2D eigenvalue weighted by Gasteiger charge is 2.19. The van der Waals surface area contributed by atoms with E-state index in [9.17, 15) is 0 Å². The lowest BCUT2D eigenvalue weighted by Crippen LogP contribution is -2.16. The SMILES string of the molecule is CCC(CC)Oc1nc(C)c(-c2ccc(C(C)C)nc2OC)nc1NC. The van der Waals surface area contributed by atoms with Gasteiger partial charge in [-0.15, -0.1) is 0 Å². The Morgan fingerprint density at radius 3 is 2.27 bits per heavy atom. The molecule has 0 atom stereocenters. The highest BCUT2D eigenvalue weighted by Crippen LogP contribution is 2.33. The van der Waals surface area contributed by atoms with E-state index >= 15 is 0 Å². The van der Waals surface area contributed by atoms with Gasteiger partial charge in [0, 0.05) is 12.7 Å². The smallest absolute Gasteiger partial charge is 0.257 e. The predicted molar refractivity (Wildman–Crippen MR) is 105 cm³/mol. The van der Waals surface area contributed by atoms with Crippen molar-refractivity contribution in [3.8, 4) is 23.0 Å². The fourth-order valence-corrected chi connectivity index (χ4v) is 2.72. The Balaban J connectivity index is 2.51. The molecule has 0 aliphatic rings. The summed E-state index contributed by atoms with van der Waals surface area (Å²) in [6.07, 6.45) is 1.98. The van der Waals surface area contributed by atoms with Crippen LogP contribution in [-0.2, 0) is 0 Å². The number of aromatic nitrogens is 3. The number of nitrogens with one attached hydrogen (secondary N) is 1. The fourth-order valence-electron chi connectivity index (χ4n) is 2.72. The van der Waals surface area contributed by atoms with Crippen LogP contribution in [0.2, 0.25) is 0 Å². The minimum absolute atomic E-state index is 0.128. The lowest BCUT2D eigenvalue weighted by molar-refractivity contribution is 0.185. The summed E-state index contributed by atoms with van der Waals surface area (Å²) in [7, 11) is 3.45. The molecule has 0 saturated carbocycles. The largest absolute Gasteiger partial charge is 0.480 e. The van der Waals surface area contributed by atoms with Gasteiger partial charge >= 0.3 is 0 Å². The Hall–Kier alpha value is -2.37. The van der Waals surface area contributed by atoms with Gasteiger partial charge in [-0.1, -0.05) is 27.7 Å². The minimum atomic E-state index is 0.128. The van der Waals surface area contributed by atoms with Gasteiger partial charge in [-0.25, -0.2) is 15.0 Å². The number of rotatable bonds is 8. The fraction of sp³-hybridized carbons (Fsp3) is 0.550. The first-order valence-electron chi connectivity index (χ1n) is 9.23. The van der Waals surface area contributed by atoms with E-state index in [1.165, 1.54) is 0 Å². The highest BCUT2D eigenvalue weighted by molar-refractivity contribution is 5.69. The molecule has 1 N–H and O–H groups in total. The molecule has 0 fully saturated rings. The molecular weight excluding hydrogens is 328 g/mol. The van der Waals surface area contributed by atoms with E-state index in [2.05, 4.69) is 43.0 Å². The van der Waals surface area contributed by atoms with Gasteiger partial charge in [-0.05, 0) is 37.8 Å². The number of pyridine rings is 1. The van der Waals surface area contributed by atoms with E-state index in [1.54, 1.807) is 7.11 Å². The van der Waals surface area contributed by atoms with Crippen LogP contribution in [0, 0.1) is 6.92 Å². The molecule has 0 saturated heterocycles. The normalized spacial score (nSPS) is 11.1. The van der Waals surface area contributed by atoms with Crippen molar-refractivity contribution in [3.05, 3.63) is 23.5 Å². The van der Waals surface area contributed by atoms with E-state index in [-0.39, 0.29) is 6.10 Å². The third-order valence-electron chi connectivity index (χ3n) is 4.39. The van der Waals surface area contributed by atoms with Crippen molar-refractivity contribution in [2.75, 3.05) is 19.5 Å². The van der Waals surface area contributed by atoms with Crippen LogP contribution in [0.3, 0.4) is 0 Å². The number of nitrogens with zero attached hydrogens (tertiary/aromatic N) is 3. The third-order valence-corrected chi connectivity index (χ3v) is 4.39. The van der Waals surface area contributed by atoms with Crippen molar-refractivity contribution in [2.45, 2.75) is 59.5 Å². The maximum Gasteiger partial charge on any atom is 0.257 e. The van der Waals surface area contributed by atoms with Crippen LogP contribution in [0.5, 0.6) is 11.8 Å². The summed E-state index contributed by atoms with van der Waals surface area (Å²) in [6, 6.07) is 4.01. The van der Waals surface area contributed by atoms with Gasteiger partial charge in [0.05, 0.1) is 24.1 Å². The zero-order chi connectivity index (χ0) is 19.3. The summed E-state index contributed by atoms with van der Waals surface area (Å²) in [5.41, 5.74) is 3.33. The molecule has 26 heavy (non-hydrogen) atoms. The van der Waals surface area contributed by atoms with Crippen LogP contribution in [0.25, 0.3) is 11.3 Å². The van der Waals surface area contributed by atoms with Gasteiger partial charge in [0.2, 0.25) is 5.88 Å². The molecule has 142 valence electrons. The molecule has 0 aliphatic heterocycles. The van der Waals surface area contributed by atoms with E-state index in [1.807, 2.05) is 26.1 Å². The quantitative estimate of drug-likeness (QED) is 0.744. The summed E-state index contributed by atoms with van der Waals surface area (Å²) < 4.78 is 11.5. The second-order valence-electron chi connectivity index (χ2n) is 6.57. The third kappa shape index (κ3) is 4.23. The summed E-state index contributed by atoms with van der Waals surface area (Å²) in [5, 5.41) is 3.09. The zero-order valence-corrected chi connectivity index (χ0v) is 16.9. The van der Waals surface area contributed by atoms with Crippen LogP contribution in [-0.4, -0.2) is 35.2 Å². The van der Waals surface area contributed by atoms with Crippen molar-refractivity contribution in [2.24, 2.45) is 0 Å². The van der Waals surface area contributed by atoms with Gasteiger partial charge in [-0.2, -0.15) is 0 Å². The number of anilines is 1. The van der Waals surface area contributed by atoms with Crippen molar-refractivity contribution in [1.29, 1.82) is 0 Å². The lowest BCUT2D eigenvalue weighted by Gasteiger charge is -2.19. The Bertz CT molecular complexity index is 743. The Kier molecular flexibility index (Phi) is 6.77. The zero-order valence-electron chi connectivity index (χ0n) is 16.9. The van der Waals surface area contributed by atoms with Crippen LogP contribution in [0.1, 0.15) is 57.8 Å². The number of aryl methyl sites for hydroxylation is 1. The van der Waals surface area contributed by atoms with E-state index in [0.29, 0.717) is 23.5 Å². The summed E-state index contributed by atoms with van der Waals surface area (Å²) in [4.78, 5) is 14.0. The van der Waals surface area contributed by atoms with E-state index in [4.69, 9.17) is 14.5 Å². The molecule has 2 aromatic heterocycles. The first-order chi connectivity index (χ1) is 12.4. The van der Waals surface area contributed by atoms with Crippen molar-refractivity contribution in [1.82, 2.24) is 15.0 Å². The Labute approximate surface area is 156 Å². The molecule has 2 aromatic rings. The molecule has 0 bridgehead atoms. The molecule has 0 aliphatic carbocycles. The highest BCUT2D eigenvalue weighted by atomic mass is 16.5. The van der Waals surface area contributed by atoms with Gasteiger partial charge in [-0.3, -0.25) is 0 Å². The van der Waals surface area contributed by atoms with Crippen LogP contribution in [0.15, 0.2) is 12.1 Å². The van der Waals surface area contributed by atoms with Crippen LogP contribution >= 0.6 is 0 Å². The molecule has 6 nitrogen and oxygen atoms in total. The molecule has 2 rings (SSSR count). The number of ether oxygens (including phenoxy) is 2. The van der Waals surface area contributed by atoms with Gasteiger partial charge < -0.3 is 14.8 Å². The van der Waals surface area contributed by atoms with Crippen molar-refractivity contribution >= 4 is 5.82 Å². The molecule has 0 unspecified atom stereocenters. The second kappa shape index (κ2) is 8.83. The summed E-state index contributed by atoms with van der Waals surface area (Å²) in [6.45, 7) is 10.4. The van der Waals surface area contributed by atoms with E-state index < -0.39 is 0 Å². The van der Waals surface area contributed by atoms with Gasteiger partial charge in [0.15, 0.2) is 5.82 Å². The molecule has 0 radical (unpaired) electrons. The maximum absolute atomic E-state index is 6.03. The van der Waals surface area contributed by atoms with Crippen LogP contribution in [0.4, 0.5) is 5.82 Å². The standard InChI is InChI=1S/C20H30N4O2/c1-8-14(9-2)26-20-18(21-6)24-17(13(5)22-20)15-10-11-16(12(3)4)23-19(15)25-7/h10-12,14H,8-9H2,1-7H3,(H,21,24). The van der Waals surface area contributed by atoms with Crippen molar-refractivity contribution in [3.63, 3.8) is 0 Å². The van der Waals surface area contributed by atoms with Crippen LogP contribution < -0.4 is 14.8 Å². The maximum atomic E-state index is 6.03. The Morgan fingerprint density at radius 1 is 1.04 bits per heavy atom. The molecule has 0 aromatic carbocycles. The van der Waals surface area contributed by atoms with Crippen molar-refractivity contribution < 1.29 is 9.47 Å². The number of hydrogen-bond donors (Lipinski definition) is 1. The molecule has 0 spiro atoms. The Morgan fingerprint density at radius 2 is 1.73 bits per heavy atom. The second-order valence-corrected chi connectivity index (χ2v) is 6.57. The van der Waals surface area contributed by atoms with Gasteiger partial charge in [0.25, 0.3) is 5.88 Å². The summed E-state index contributed by atoms with van der Waals surface area (Å²) >= 11 is 0. The average molecular weight is 358 g/mol. The summed E-state index contributed by atoms with van der Waals surface area (Å²) in [5.74, 6) is 2.04. The number of hydrogen-bond acceptors (Lipinski definition) is 6. The molecule has 6 heteroatoms. The first kappa shape index (κ1) is 19.9. The topological polar surface area (TPSA) is 69.2 Å². The first-order valence-corrected chi connectivity index (χ1v) is 9.23. The van der Waals surface area contributed by atoms with Gasteiger partial charge in [0.1, 0.15) is 6.10 Å². The van der Waals surface area contributed by atoms with E-state index in [0.717, 1.165) is 35.5 Å². The minimum Gasteiger partial charge on any atom is -0.480 e. The average Bonchev–Trinajstić information content (AvgIpc) is 2.65. The number of methoxy groups -OCH3 is 1. The monoisotopic (exact) mass is 358 g/mol. The predicted octanol–water partition coefficient (Wildman–Crippen LogP) is 4.59. The molecule has 0 amide bonds.